The van der Waals surface area contributed by atoms with Crippen molar-refractivity contribution < 1.29 is 0 Å². The Morgan fingerprint density at radius 3 is 1.92 bits per heavy atom. The van der Waals surface area contributed by atoms with Gasteiger partial charge < -0.3 is 0 Å². The smallest absolute Gasteiger partial charge is 0.0233 e. The molecule has 0 aromatic rings. The Bertz CT molecular complexity index is 383. The lowest BCUT2D eigenvalue weighted by atomic mass is 9.74. The molecule has 1 rings (SSSR count). The maximum Gasteiger partial charge on any atom is -0.0233 e. The Labute approximate surface area is 158 Å². The molecule has 0 aromatic heterocycles. The molecule has 0 heteroatoms. The first kappa shape index (κ1) is 22.3. The van der Waals surface area contributed by atoms with Crippen molar-refractivity contribution in [1.82, 2.24) is 0 Å². The van der Waals surface area contributed by atoms with Gasteiger partial charge in [0.2, 0.25) is 0 Å². The fraction of sp³-hybridized carbons (Fsp3) is 0.760. The van der Waals surface area contributed by atoms with Crippen molar-refractivity contribution >= 4 is 0 Å². The number of allylic oxidation sites excluding steroid dienone is 4. The van der Waals surface area contributed by atoms with Gasteiger partial charge >= 0.3 is 0 Å². The topological polar surface area (TPSA) is 0 Å². The molecule has 0 amide bonds. The molecular formula is C25H44. The second kappa shape index (κ2) is 12.6. The monoisotopic (exact) mass is 344 g/mol. The summed E-state index contributed by atoms with van der Waals surface area (Å²) in [5.74, 6) is 4.77. The van der Waals surface area contributed by atoms with Gasteiger partial charge in [0.05, 0.1) is 0 Å². The highest BCUT2D eigenvalue weighted by Crippen LogP contribution is 2.36. The summed E-state index contributed by atoms with van der Waals surface area (Å²) in [6.07, 6.45) is 21.5. The van der Waals surface area contributed by atoms with Crippen LogP contribution in [0.25, 0.3) is 0 Å². The molecular weight excluding hydrogens is 300 g/mol. The van der Waals surface area contributed by atoms with Gasteiger partial charge in [-0.15, -0.1) is 13.2 Å². The standard InChI is InChI=1S/C25H44/c1-7-20(4)10-12-22(6)25-18-16-24(17-19-25)15-14-23(9-3)13-11-21(5)8-2/h7-8,14-15,20-25H,1-2,9-13,16-19H2,3-6H3. The third kappa shape index (κ3) is 8.93. The van der Waals surface area contributed by atoms with E-state index >= 15 is 0 Å². The van der Waals surface area contributed by atoms with Gasteiger partial charge in [-0.3, -0.25) is 0 Å². The van der Waals surface area contributed by atoms with Crippen molar-refractivity contribution in [3.63, 3.8) is 0 Å². The van der Waals surface area contributed by atoms with E-state index in [1.165, 1.54) is 57.8 Å². The lowest BCUT2D eigenvalue weighted by Crippen LogP contribution is -2.20. The summed E-state index contributed by atoms with van der Waals surface area (Å²) in [7, 11) is 0. The van der Waals surface area contributed by atoms with E-state index < -0.39 is 0 Å². The van der Waals surface area contributed by atoms with Crippen LogP contribution in [0.4, 0.5) is 0 Å². The van der Waals surface area contributed by atoms with Crippen molar-refractivity contribution in [2.75, 3.05) is 0 Å². The lowest BCUT2D eigenvalue weighted by molar-refractivity contribution is 0.220. The van der Waals surface area contributed by atoms with E-state index in [4.69, 9.17) is 0 Å². The molecule has 1 saturated carbocycles. The molecule has 4 atom stereocenters. The molecule has 4 unspecified atom stereocenters. The van der Waals surface area contributed by atoms with Crippen molar-refractivity contribution in [2.45, 2.75) is 85.5 Å². The molecule has 0 heterocycles. The largest absolute Gasteiger partial charge is 0.103 e. The fourth-order valence-corrected chi connectivity index (χ4v) is 4.13. The van der Waals surface area contributed by atoms with Crippen LogP contribution in [0, 0.1) is 35.5 Å². The third-order valence-corrected chi connectivity index (χ3v) is 6.68. The third-order valence-electron chi connectivity index (χ3n) is 6.68. The summed E-state index contributed by atoms with van der Waals surface area (Å²) in [6.45, 7) is 17.2. The van der Waals surface area contributed by atoms with E-state index in [0.717, 1.165) is 23.7 Å². The maximum atomic E-state index is 3.92. The van der Waals surface area contributed by atoms with Crippen LogP contribution in [-0.4, -0.2) is 0 Å². The molecule has 144 valence electrons. The molecule has 1 fully saturated rings. The van der Waals surface area contributed by atoms with Gasteiger partial charge in [-0.25, -0.2) is 0 Å². The van der Waals surface area contributed by atoms with Crippen molar-refractivity contribution in [1.29, 1.82) is 0 Å². The molecule has 0 radical (unpaired) electrons. The highest BCUT2D eigenvalue weighted by Gasteiger charge is 2.24. The Hall–Kier alpha value is -0.780. The van der Waals surface area contributed by atoms with Crippen molar-refractivity contribution in [3.05, 3.63) is 37.5 Å². The van der Waals surface area contributed by atoms with Gasteiger partial charge in [-0.05, 0) is 93.3 Å². The van der Waals surface area contributed by atoms with Gasteiger partial charge in [0.15, 0.2) is 0 Å². The molecule has 0 nitrogen and oxygen atoms in total. The quantitative estimate of drug-likeness (QED) is 0.313. The highest BCUT2D eigenvalue weighted by atomic mass is 14.3. The number of rotatable bonds is 12. The molecule has 0 bridgehead atoms. The van der Waals surface area contributed by atoms with E-state index in [1.54, 1.807) is 0 Å². The van der Waals surface area contributed by atoms with E-state index in [2.05, 4.69) is 65.2 Å². The summed E-state index contributed by atoms with van der Waals surface area (Å²) in [5.41, 5.74) is 0. The number of hydrogen-bond acceptors (Lipinski definition) is 0. The second-order valence-corrected chi connectivity index (χ2v) is 8.79. The first-order valence-corrected chi connectivity index (χ1v) is 10.9. The minimum atomic E-state index is 0.656. The van der Waals surface area contributed by atoms with Crippen LogP contribution in [0.3, 0.4) is 0 Å². The average molecular weight is 345 g/mol. The van der Waals surface area contributed by atoms with Crippen molar-refractivity contribution in [3.8, 4) is 0 Å². The summed E-state index contributed by atoms with van der Waals surface area (Å²) < 4.78 is 0. The molecule has 0 saturated heterocycles. The molecule has 0 spiro atoms. The summed E-state index contributed by atoms with van der Waals surface area (Å²) >= 11 is 0. The van der Waals surface area contributed by atoms with Gasteiger partial charge in [0.1, 0.15) is 0 Å². The zero-order valence-corrected chi connectivity index (χ0v) is 17.6. The summed E-state index contributed by atoms with van der Waals surface area (Å²) in [6, 6.07) is 0. The van der Waals surface area contributed by atoms with Crippen LogP contribution in [0.15, 0.2) is 37.5 Å². The summed E-state index contributed by atoms with van der Waals surface area (Å²) in [4.78, 5) is 0. The summed E-state index contributed by atoms with van der Waals surface area (Å²) in [5, 5.41) is 0. The Kier molecular flexibility index (Phi) is 11.2. The fourth-order valence-electron chi connectivity index (χ4n) is 4.13. The van der Waals surface area contributed by atoms with Crippen LogP contribution in [0.5, 0.6) is 0 Å². The minimum Gasteiger partial charge on any atom is -0.103 e. The van der Waals surface area contributed by atoms with Crippen LogP contribution in [0.1, 0.15) is 85.5 Å². The highest BCUT2D eigenvalue weighted by molar-refractivity contribution is 4.95. The predicted molar refractivity (Wildman–Crippen MR) is 115 cm³/mol. The van der Waals surface area contributed by atoms with E-state index in [9.17, 15) is 0 Å². The molecule has 1 aliphatic rings. The number of hydrogen-bond donors (Lipinski definition) is 0. The zero-order valence-electron chi connectivity index (χ0n) is 17.6. The molecule has 0 N–H and O–H groups in total. The van der Waals surface area contributed by atoms with Crippen LogP contribution in [0.2, 0.25) is 0 Å². The van der Waals surface area contributed by atoms with Gasteiger partial charge in [-0.1, -0.05) is 52.0 Å². The Balaban J connectivity index is 2.32. The van der Waals surface area contributed by atoms with Crippen LogP contribution in [-0.2, 0) is 0 Å². The lowest BCUT2D eigenvalue weighted by Gasteiger charge is -2.31. The van der Waals surface area contributed by atoms with Gasteiger partial charge in [-0.2, -0.15) is 0 Å². The van der Waals surface area contributed by atoms with Gasteiger partial charge in [0, 0.05) is 0 Å². The Morgan fingerprint density at radius 2 is 1.40 bits per heavy atom. The van der Waals surface area contributed by atoms with Crippen LogP contribution < -0.4 is 0 Å². The maximum absolute atomic E-state index is 3.92. The zero-order chi connectivity index (χ0) is 18.7. The first-order valence-electron chi connectivity index (χ1n) is 10.9. The van der Waals surface area contributed by atoms with Gasteiger partial charge in [0.25, 0.3) is 0 Å². The molecule has 0 aromatic carbocycles. The Morgan fingerprint density at radius 1 is 0.840 bits per heavy atom. The predicted octanol–water partition coefficient (Wildman–Crippen LogP) is 8.22. The normalized spacial score (nSPS) is 26.1. The average Bonchev–Trinajstić information content (AvgIpc) is 2.65. The minimum absolute atomic E-state index is 0.656. The van der Waals surface area contributed by atoms with Crippen molar-refractivity contribution in [2.24, 2.45) is 35.5 Å². The van der Waals surface area contributed by atoms with Crippen LogP contribution >= 0.6 is 0 Å². The SMILES string of the molecule is C=CC(C)CCC(C=CC1CCC(C(C)CCC(C)C=C)CC1)CC. The van der Waals surface area contributed by atoms with E-state index in [0.29, 0.717) is 11.8 Å². The second-order valence-electron chi connectivity index (χ2n) is 8.79. The molecule has 25 heavy (non-hydrogen) atoms. The molecule has 0 aliphatic heterocycles. The van der Waals surface area contributed by atoms with E-state index in [-0.39, 0.29) is 0 Å². The first-order chi connectivity index (χ1) is 12.0. The molecule has 1 aliphatic carbocycles. The van der Waals surface area contributed by atoms with E-state index in [1.807, 2.05) is 0 Å².